The maximum Gasteiger partial charge on any atom is 0.477 e. The van der Waals surface area contributed by atoms with Crippen LogP contribution in [0.2, 0.25) is 0 Å². The second kappa shape index (κ2) is 9.53. The summed E-state index contributed by atoms with van der Waals surface area (Å²) in [7, 11) is -3.78. The average Bonchev–Trinajstić information content (AvgIpc) is 2.51. The van der Waals surface area contributed by atoms with Gasteiger partial charge in [-0.15, -0.1) is 0 Å². The van der Waals surface area contributed by atoms with Gasteiger partial charge >= 0.3 is 7.82 Å². The lowest BCUT2D eigenvalue weighted by molar-refractivity contribution is -0.0615. The van der Waals surface area contributed by atoms with E-state index in [1.54, 1.807) is 0 Å². The van der Waals surface area contributed by atoms with Gasteiger partial charge in [0.25, 0.3) is 0 Å². The largest absolute Gasteiger partial charge is 0.477 e. The third-order valence-corrected chi connectivity index (χ3v) is 6.44. The van der Waals surface area contributed by atoms with E-state index in [-0.39, 0.29) is 6.79 Å². The number of dihydropyridines is 1. The lowest BCUT2D eigenvalue weighted by atomic mass is 9.83. The second-order valence-corrected chi connectivity index (χ2v) is 11.3. The predicted molar refractivity (Wildman–Crippen MR) is 112 cm³/mol. The molecule has 1 saturated carbocycles. The molecule has 0 aromatic carbocycles. The molecule has 7 heteroatoms. The maximum atomic E-state index is 13.1. The van der Waals surface area contributed by atoms with Crippen molar-refractivity contribution in [2.24, 2.45) is 10.9 Å². The number of phosphoric ester groups is 1. The van der Waals surface area contributed by atoms with Crippen LogP contribution in [0.4, 0.5) is 0 Å². The van der Waals surface area contributed by atoms with Crippen molar-refractivity contribution in [3.8, 4) is 0 Å². The van der Waals surface area contributed by atoms with Gasteiger partial charge in [0, 0.05) is 12.1 Å². The molecule has 0 amide bonds. The monoisotopic (exact) mass is 415 g/mol. The van der Waals surface area contributed by atoms with Gasteiger partial charge < -0.3 is 4.74 Å². The molecule has 162 valence electrons. The number of rotatable bonds is 7. The number of ether oxygens (including phenoxy) is 1. The van der Waals surface area contributed by atoms with Gasteiger partial charge in [-0.1, -0.05) is 24.8 Å². The lowest BCUT2D eigenvalue weighted by Gasteiger charge is -2.31. The molecule has 2 aliphatic rings. The van der Waals surface area contributed by atoms with E-state index in [0.717, 1.165) is 6.42 Å². The summed E-state index contributed by atoms with van der Waals surface area (Å²) >= 11 is 0. The van der Waals surface area contributed by atoms with Gasteiger partial charge in [-0.2, -0.15) is 0 Å². The zero-order chi connectivity index (χ0) is 21.0. The first-order chi connectivity index (χ1) is 12.9. The summed E-state index contributed by atoms with van der Waals surface area (Å²) in [5.74, 6) is 0.559. The fourth-order valence-corrected chi connectivity index (χ4v) is 5.19. The van der Waals surface area contributed by atoms with Crippen LogP contribution in [0.25, 0.3) is 0 Å². The van der Waals surface area contributed by atoms with Crippen molar-refractivity contribution in [2.75, 3.05) is 6.79 Å². The highest BCUT2D eigenvalue weighted by molar-refractivity contribution is 7.48. The van der Waals surface area contributed by atoms with E-state index in [1.807, 2.05) is 47.6 Å². The maximum absolute atomic E-state index is 13.1. The number of phosphoric acid groups is 1. The number of aliphatic imine (C=N–C) groups is 1. The van der Waals surface area contributed by atoms with Crippen molar-refractivity contribution in [3.05, 3.63) is 11.6 Å². The van der Waals surface area contributed by atoms with Gasteiger partial charge in [-0.3, -0.25) is 18.6 Å². The molecule has 1 unspecified atom stereocenters. The first-order valence-corrected chi connectivity index (χ1v) is 11.8. The zero-order valence-electron chi connectivity index (χ0n) is 18.6. The number of hydrogen-bond acceptors (Lipinski definition) is 6. The van der Waals surface area contributed by atoms with Crippen LogP contribution in [0, 0.1) is 5.92 Å². The SMILES string of the molecule is CC1=CC(OCOP(=O)(OC(C)(C)C)OC(C)(C)C)N=C(C2CCCCC2)C1. The first-order valence-electron chi connectivity index (χ1n) is 10.4. The minimum Gasteiger partial charge on any atom is -0.326 e. The standard InChI is InChI=1S/C21H38NO5P/c1-16-13-18(17-11-9-8-10-12-17)22-19(14-16)24-15-25-28(23,26-20(2,3)4)27-21(5,6)7/h14,17,19H,8-13,15H2,1-7H3. The van der Waals surface area contributed by atoms with Gasteiger partial charge in [0.05, 0.1) is 11.2 Å². The average molecular weight is 416 g/mol. The molecule has 1 atom stereocenters. The molecular formula is C21H38NO5P. The van der Waals surface area contributed by atoms with Crippen molar-refractivity contribution >= 4 is 13.5 Å². The Labute approximate surface area is 170 Å². The van der Waals surface area contributed by atoms with E-state index in [1.165, 1.54) is 43.4 Å². The normalized spacial score (nSPS) is 22.8. The van der Waals surface area contributed by atoms with Crippen LogP contribution in [0.1, 0.15) is 87.0 Å². The molecule has 1 heterocycles. The van der Waals surface area contributed by atoms with E-state index >= 15 is 0 Å². The number of nitrogens with zero attached hydrogens (tertiary/aromatic N) is 1. The Balaban J connectivity index is 1.98. The highest BCUT2D eigenvalue weighted by Crippen LogP contribution is 2.55. The van der Waals surface area contributed by atoms with Crippen molar-refractivity contribution in [2.45, 2.75) is 104 Å². The molecule has 0 bridgehead atoms. The molecule has 0 spiro atoms. The van der Waals surface area contributed by atoms with E-state index in [9.17, 15) is 4.57 Å². The summed E-state index contributed by atoms with van der Waals surface area (Å²) in [6.07, 6.45) is 8.80. The molecule has 1 fully saturated rings. The minimum absolute atomic E-state index is 0.209. The number of allylic oxidation sites excluding steroid dienone is 1. The van der Waals surface area contributed by atoms with Crippen LogP contribution in [0.3, 0.4) is 0 Å². The molecule has 0 saturated heterocycles. The summed E-state index contributed by atoms with van der Waals surface area (Å²) < 4.78 is 35.6. The third-order valence-electron chi connectivity index (χ3n) is 4.48. The molecule has 0 radical (unpaired) electrons. The highest BCUT2D eigenvalue weighted by Gasteiger charge is 2.37. The Morgan fingerprint density at radius 3 is 2.14 bits per heavy atom. The molecular weight excluding hydrogens is 377 g/mol. The van der Waals surface area contributed by atoms with E-state index < -0.39 is 25.3 Å². The molecule has 0 aromatic rings. The van der Waals surface area contributed by atoms with E-state index in [4.69, 9.17) is 23.3 Å². The zero-order valence-corrected chi connectivity index (χ0v) is 19.5. The highest BCUT2D eigenvalue weighted by atomic mass is 31.2. The van der Waals surface area contributed by atoms with Gasteiger partial charge in [0.1, 0.15) is 0 Å². The quantitative estimate of drug-likeness (QED) is 0.273. The van der Waals surface area contributed by atoms with Crippen LogP contribution in [0.15, 0.2) is 16.6 Å². The van der Waals surface area contributed by atoms with Gasteiger partial charge in [0.15, 0.2) is 13.0 Å². The summed E-state index contributed by atoms with van der Waals surface area (Å²) in [4.78, 5) is 4.79. The summed E-state index contributed by atoms with van der Waals surface area (Å²) in [6.45, 7) is 12.7. The van der Waals surface area contributed by atoms with Gasteiger partial charge in [-0.05, 0) is 73.3 Å². The first kappa shape index (κ1) is 23.8. The smallest absolute Gasteiger partial charge is 0.326 e. The molecule has 1 aliphatic carbocycles. The van der Waals surface area contributed by atoms with Gasteiger partial charge in [-0.25, -0.2) is 4.57 Å². The number of hydrogen-bond donors (Lipinski definition) is 0. The summed E-state index contributed by atoms with van der Waals surface area (Å²) in [5.41, 5.74) is 1.13. The van der Waals surface area contributed by atoms with Crippen LogP contribution >= 0.6 is 7.82 Å². The molecule has 28 heavy (non-hydrogen) atoms. The minimum atomic E-state index is -3.78. The molecule has 2 rings (SSSR count). The summed E-state index contributed by atoms with van der Waals surface area (Å²) in [5, 5.41) is 0. The Morgan fingerprint density at radius 2 is 1.61 bits per heavy atom. The predicted octanol–water partition coefficient (Wildman–Crippen LogP) is 6.41. The van der Waals surface area contributed by atoms with Crippen LogP contribution in [-0.4, -0.2) is 29.9 Å². The van der Waals surface area contributed by atoms with Crippen molar-refractivity contribution < 1.29 is 22.9 Å². The van der Waals surface area contributed by atoms with Gasteiger partial charge in [0.2, 0.25) is 0 Å². The topological polar surface area (TPSA) is 66.4 Å². The van der Waals surface area contributed by atoms with E-state index in [0.29, 0.717) is 5.92 Å². The Kier molecular flexibility index (Phi) is 8.08. The molecule has 0 aromatic heterocycles. The molecule has 0 N–H and O–H groups in total. The van der Waals surface area contributed by atoms with Crippen LogP contribution in [0.5, 0.6) is 0 Å². The Bertz CT molecular complexity index is 604. The molecule has 1 aliphatic heterocycles. The summed E-state index contributed by atoms with van der Waals surface area (Å²) in [6, 6.07) is 0. The fourth-order valence-electron chi connectivity index (χ4n) is 3.51. The van der Waals surface area contributed by atoms with Crippen molar-refractivity contribution in [1.82, 2.24) is 0 Å². The Hall–Kier alpha value is -0.520. The van der Waals surface area contributed by atoms with Crippen LogP contribution in [-0.2, 0) is 22.9 Å². The van der Waals surface area contributed by atoms with Crippen molar-refractivity contribution in [3.63, 3.8) is 0 Å². The lowest BCUT2D eigenvalue weighted by Crippen LogP contribution is -2.26. The Morgan fingerprint density at radius 1 is 1.04 bits per heavy atom. The second-order valence-electron chi connectivity index (χ2n) is 9.80. The van der Waals surface area contributed by atoms with E-state index in [2.05, 4.69) is 6.92 Å². The van der Waals surface area contributed by atoms with Crippen molar-refractivity contribution in [1.29, 1.82) is 0 Å². The third kappa shape index (κ3) is 8.46. The van der Waals surface area contributed by atoms with Crippen LogP contribution < -0.4 is 0 Å². The molecule has 6 nitrogen and oxygen atoms in total. The fraction of sp³-hybridized carbons (Fsp3) is 0.857.